The van der Waals surface area contributed by atoms with Crippen molar-refractivity contribution >= 4 is 16.0 Å². The fourth-order valence-corrected chi connectivity index (χ4v) is 3.24. The summed E-state index contributed by atoms with van der Waals surface area (Å²) in [6, 6.07) is 6.83. The standard InChI is InChI=1S/C14H18N2O4S/c1-14(2,3)12(13(17)18)16-21(19,20)9-11-6-4-10(8-15)5-7-11/h4-7,12,16H,9H2,1-3H3,(H,17,18)/t12-/m1/s1. The van der Waals surface area contributed by atoms with E-state index in [9.17, 15) is 13.2 Å². The zero-order chi connectivity index (χ0) is 16.3. The van der Waals surface area contributed by atoms with Gasteiger partial charge in [0.1, 0.15) is 6.04 Å². The van der Waals surface area contributed by atoms with E-state index in [0.29, 0.717) is 11.1 Å². The van der Waals surface area contributed by atoms with Crippen LogP contribution in [0.5, 0.6) is 0 Å². The van der Waals surface area contributed by atoms with Gasteiger partial charge in [-0.1, -0.05) is 32.9 Å². The van der Waals surface area contributed by atoms with Crippen LogP contribution in [0.2, 0.25) is 0 Å². The van der Waals surface area contributed by atoms with Crippen molar-refractivity contribution in [2.45, 2.75) is 32.6 Å². The number of hydrogen-bond donors (Lipinski definition) is 2. The van der Waals surface area contributed by atoms with Gasteiger partial charge in [-0.2, -0.15) is 5.26 Å². The van der Waals surface area contributed by atoms with Crippen LogP contribution < -0.4 is 4.72 Å². The maximum atomic E-state index is 12.1. The normalized spacial score (nSPS) is 13.4. The Morgan fingerprint density at radius 1 is 1.33 bits per heavy atom. The molecule has 7 heteroatoms. The van der Waals surface area contributed by atoms with Gasteiger partial charge >= 0.3 is 5.97 Å². The molecular formula is C14H18N2O4S. The van der Waals surface area contributed by atoms with E-state index in [2.05, 4.69) is 4.72 Å². The number of nitriles is 1. The number of rotatable bonds is 5. The lowest BCUT2D eigenvalue weighted by atomic mass is 9.88. The molecule has 114 valence electrons. The molecule has 0 fully saturated rings. The predicted octanol–water partition coefficient (Wildman–Crippen LogP) is 1.48. The van der Waals surface area contributed by atoms with Crippen LogP contribution in [0, 0.1) is 16.7 Å². The first-order valence-corrected chi connectivity index (χ1v) is 7.92. The van der Waals surface area contributed by atoms with E-state index in [-0.39, 0.29) is 5.75 Å². The van der Waals surface area contributed by atoms with Gasteiger partial charge in [-0.05, 0) is 23.1 Å². The molecule has 0 saturated heterocycles. The third kappa shape index (κ3) is 5.17. The second-order valence-corrected chi connectivity index (χ2v) is 7.58. The number of aliphatic carboxylic acids is 1. The molecule has 0 bridgehead atoms. The summed E-state index contributed by atoms with van der Waals surface area (Å²) in [5, 5.41) is 17.8. The number of carboxylic acid groups (broad SMARTS) is 1. The number of hydrogen-bond acceptors (Lipinski definition) is 4. The lowest BCUT2D eigenvalue weighted by Gasteiger charge is -2.27. The lowest BCUT2D eigenvalue weighted by molar-refractivity contribution is -0.141. The molecule has 1 aromatic rings. The molecule has 0 heterocycles. The van der Waals surface area contributed by atoms with Gasteiger partial charge in [-0.25, -0.2) is 13.1 Å². The van der Waals surface area contributed by atoms with Gasteiger partial charge in [0, 0.05) is 0 Å². The first-order chi connectivity index (χ1) is 9.55. The third-order valence-electron chi connectivity index (χ3n) is 2.85. The number of carboxylic acids is 1. The smallest absolute Gasteiger partial charge is 0.322 e. The fraction of sp³-hybridized carbons (Fsp3) is 0.429. The summed E-state index contributed by atoms with van der Waals surface area (Å²) in [6.45, 7) is 4.95. The Morgan fingerprint density at radius 2 is 1.86 bits per heavy atom. The molecule has 0 aliphatic heterocycles. The van der Waals surface area contributed by atoms with Crippen LogP contribution in [0.25, 0.3) is 0 Å². The highest BCUT2D eigenvalue weighted by molar-refractivity contribution is 7.88. The number of carbonyl (C=O) groups is 1. The molecule has 1 aromatic carbocycles. The fourth-order valence-electron chi connectivity index (χ4n) is 1.71. The van der Waals surface area contributed by atoms with Gasteiger partial charge in [0.2, 0.25) is 10.0 Å². The van der Waals surface area contributed by atoms with E-state index in [1.807, 2.05) is 6.07 Å². The average Bonchev–Trinajstić information content (AvgIpc) is 2.35. The van der Waals surface area contributed by atoms with Crippen molar-refractivity contribution in [1.82, 2.24) is 4.72 Å². The summed E-state index contributed by atoms with van der Waals surface area (Å²) in [5.41, 5.74) is 0.172. The molecule has 1 atom stereocenters. The quantitative estimate of drug-likeness (QED) is 0.856. The predicted molar refractivity (Wildman–Crippen MR) is 77.8 cm³/mol. The molecule has 2 N–H and O–H groups in total. The van der Waals surface area contributed by atoms with Crippen molar-refractivity contribution in [3.63, 3.8) is 0 Å². The van der Waals surface area contributed by atoms with Crippen LogP contribution in [-0.2, 0) is 20.6 Å². The summed E-state index contributed by atoms with van der Waals surface area (Å²) in [7, 11) is -3.80. The molecule has 0 unspecified atom stereocenters. The Labute approximate surface area is 124 Å². The highest BCUT2D eigenvalue weighted by Gasteiger charge is 2.34. The summed E-state index contributed by atoms with van der Waals surface area (Å²) in [5.74, 6) is -1.55. The molecule has 0 aliphatic rings. The number of sulfonamides is 1. The summed E-state index contributed by atoms with van der Waals surface area (Å²) >= 11 is 0. The van der Waals surface area contributed by atoms with Crippen LogP contribution >= 0.6 is 0 Å². The maximum absolute atomic E-state index is 12.1. The van der Waals surface area contributed by atoms with Crippen molar-refractivity contribution < 1.29 is 18.3 Å². The van der Waals surface area contributed by atoms with Gasteiger partial charge in [0.15, 0.2) is 0 Å². The second kappa shape index (κ2) is 6.24. The topological polar surface area (TPSA) is 107 Å². The first-order valence-electron chi connectivity index (χ1n) is 6.27. The van der Waals surface area contributed by atoms with Crippen molar-refractivity contribution in [3.05, 3.63) is 35.4 Å². The third-order valence-corrected chi connectivity index (χ3v) is 4.16. The zero-order valence-electron chi connectivity index (χ0n) is 12.1. The monoisotopic (exact) mass is 310 g/mol. The average molecular weight is 310 g/mol. The Morgan fingerprint density at radius 3 is 2.24 bits per heavy atom. The molecule has 6 nitrogen and oxygen atoms in total. The highest BCUT2D eigenvalue weighted by atomic mass is 32.2. The molecule has 0 saturated carbocycles. The molecule has 21 heavy (non-hydrogen) atoms. The summed E-state index contributed by atoms with van der Waals surface area (Å²) in [4.78, 5) is 11.2. The second-order valence-electron chi connectivity index (χ2n) is 5.82. The van der Waals surface area contributed by atoms with E-state index in [0.717, 1.165) is 0 Å². The highest BCUT2D eigenvalue weighted by Crippen LogP contribution is 2.21. The van der Waals surface area contributed by atoms with E-state index in [1.54, 1.807) is 20.8 Å². The number of nitrogens with zero attached hydrogens (tertiary/aromatic N) is 1. The minimum absolute atomic E-state index is 0.335. The molecule has 0 amide bonds. The first kappa shape index (κ1) is 17.1. The lowest BCUT2D eigenvalue weighted by Crippen LogP contribution is -2.49. The molecule has 0 aromatic heterocycles. The van der Waals surface area contributed by atoms with Crippen molar-refractivity contribution in [2.24, 2.45) is 5.41 Å². The van der Waals surface area contributed by atoms with Gasteiger partial charge in [0.05, 0.1) is 17.4 Å². The summed E-state index contributed by atoms with van der Waals surface area (Å²) in [6.07, 6.45) is 0. The van der Waals surface area contributed by atoms with Crippen LogP contribution in [0.1, 0.15) is 31.9 Å². The SMILES string of the molecule is CC(C)(C)[C@H](NS(=O)(=O)Cc1ccc(C#N)cc1)C(=O)O. The Hall–Kier alpha value is -1.91. The van der Waals surface area contributed by atoms with E-state index < -0.39 is 27.4 Å². The molecule has 1 rings (SSSR count). The van der Waals surface area contributed by atoms with Crippen molar-refractivity contribution in [2.75, 3.05) is 0 Å². The Kier molecular flexibility index (Phi) is 5.10. The Balaban J connectivity index is 2.90. The van der Waals surface area contributed by atoms with Crippen molar-refractivity contribution in [1.29, 1.82) is 5.26 Å². The van der Waals surface area contributed by atoms with E-state index in [1.165, 1.54) is 24.3 Å². The minimum atomic E-state index is -3.80. The van der Waals surface area contributed by atoms with Gasteiger partial charge in [0.25, 0.3) is 0 Å². The Bertz CT molecular complexity index is 652. The van der Waals surface area contributed by atoms with E-state index in [4.69, 9.17) is 10.4 Å². The van der Waals surface area contributed by atoms with Crippen LogP contribution in [-0.4, -0.2) is 25.5 Å². The number of benzene rings is 1. The molecule has 0 aliphatic carbocycles. The van der Waals surface area contributed by atoms with Gasteiger partial charge in [-0.3, -0.25) is 4.79 Å². The molecule has 0 spiro atoms. The van der Waals surface area contributed by atoms with Crippen LogP contribution in [0.4, 0.5) is 0 Å². The summed E-state index contributed by atoms with van der Waals surface area (Å²) < 4.78 is 26.4. The van der Waals surface area contributed by atoms with Crippen LogP contribution in [0.15, 0.2) is 24.3 Å². The van der Waals surface area contributed by atoms with E-state index >= 15 is 0 Å². The number of nitrogens with one attached hydrogen (secondary N) is 1. The zero-order valence-corrected chi connectivity index (χ0v) is 12.9. The van der Waals surface area contributed by atoms with Crippen molar-refractivity contribution in [3.8, 4) is 6.07 Å². The van der Waals surface area contributed by atoms with Gasteiger partial charge in [-0.15, -0.1) is 0 Å². The molecular weight excluding hydrogens is 292 g/mol. The largest absolute Gasteiger partial charge is 0.480 e. The maximum Gasteiger partial charge on any atom is 0.322 e. The minimum Gasteiger partial charge on any atom is -0.480 e. The van der Waals surface area contributed by atoms with Gasteiger partial charge < -0.3 is 5.11 Å². The molecule has 0 radical (unpaired) electrons. The van der Waals surface area contributed by atoms with Crippen LogP contribution in [0.3, 0.4) is 0 Å².